The molecule has 0 aromatic carbocycles. The molecule has 0 bridgehead atoms. The lowest BCUT2D eigenvalue weighted by Gasteiger charge is -2.28. The average Bonchev–Trinajstić information content (AvgIpc) is 2.58. The normalized spacial score (nSPS) is 37.9. The minimum absolute atomic E-state index is 0.413. The van der Waals surface area contributed by atoms with Gasteiger partial charge in [-0.2, -0.15) is 0 Å². The van der Waals surface area contributed by atoms with Gasteiger partial charge in [0.15, 0.2) is 0 Å². The fourth-order valence-corrected chi connectivity index (χ4v) is 2.40. The molecule has 0 aliphatic heterocycles. The molecule has 2 N–H and O–H groups in total. The van der Waals surface area contributed by atoms with Crippen molar-refractivity contribution in [1.82, 2.24) is 0 Å². The van der Waals surface area contributed by atoms with E-state index in [2.05, 4.69) is 0 Å². The standard InChI is InChI=1S/C9H16O2/c1-6(10)8(11)7-5-9(7)3-2-4-9/h6-8,10-11H,2-5H2,1H3. The third-order valence-corrected chi connectivity index (χ3v) is 3.51. The maximum atomic E-state index is 9.52. The fraction of sp³-hybridized carbons (Fsp3) is 1.00. The van der Waals surface area contributed by atoms with Gasteiger partial charge in [-0.3, -0.25) is 0 Å². The zero-order valence-electron chi connectivity index (χ0n) is 6.95. The Morgan fingerprint density at radius 2 is 2.00 bits per heavy atom. The van der Waals surface area contributed by atoms with Gasteiger partial charge >= 0.3 is 0 Å². The molecule has 2 rings (SSSR count). The smallest absolute Gasteiger partial charge is 0.0829 e. The molecule has 0 heterocycles. The summed E-state index contributed by atoms with van der Waals surface area (Å²) in [5.41, 5.74) is 0.483. The average molecular weight is 156 g/mol. The first-order valence-corrected chi connectivity index (χ1v) is 4.52. The molecule has 0 aromatic heterocycles. The Morgan fingerprint density at radius 3 is 2.27 bits per heavy atom. The number of rotatable bonds is 2. The summed E-state index contributed by atoms with van der Waals surface area (Å²) in [6.45, 7) is 1.68. The van der Waals surface area contributed by atoms with Crippen LogP contribution in [0.2, 0.25) is 0 Å². The van der Waals surface area contributed by atoms with Crippen molar-refractivity contribution in [3.8, 4) is 0 Å². The van der Waals surface area contributed by atoms with Gasteiger partial charge in [-0.15, -0.1) is 0 Å². The summed E-state index contributed by atoms with van der Waals surface area (Å²) in [7, 11) is 0. The van der Waals surface area contributed by atoms with Gasteiger partial charge in [0.2, 0.25) is 0 Å². The van der Waals surface area contributed by atoms with Gasteiger partial charge in [0.05, 0.1) is 12.2 Å². The summed E-state index contributed by atoms with van der Waals surface area (Å²) < 4.78 is 0. The molecule has 0 amide bonds. The molecule has 64 valence electrons. The molecular weight excluding hydrogens is 140 g/mol. The topological polar surface area (TPSA) is 40.5 Å². The second kappa shape index (κ2) is 2.20. The number of aliphatic hydroxyl groups is 2. The van der Waals surface area contributed by atoms with Crippen LogP contribution in [-0.4, -0.2) is 22.4 Å². The quantitative estimate of drug-likeness (QED) is 0.624. The molecule has 0 radical (unpaired) electrons. The Kier molecular flexibility index (Phi) is 1.52. The van der Waals surface area contributed by atoms with Crippen molar-refractivity contribution in [2.75, 3.05) is 0 Å². The van der Waals surface area contributed by atoms with E-state index >= 15 is 0 Å². The van der Waals surface area contributed by atoms with Crippen LogP contribution in [0.3, 0.4) is 0 Å². The van der Waals surface area contributed by atoms with Crippen LogP contribution in [0.4, 0.5) is 0 Å². The Hall–Kier alpha value is -0.0800. The second-order valence-corrected chi connectivity index (χ2v) is 4.26. The molecule has 11 heavy (non-hydrogen) atoms. The molecule has 2 nitrogen and oxygen atoms in total. The van der Waals surface area contributed by atoms with E-state index in [0.29, 0.717) is 11.3 Å². The van der Waals surface area contributed by atoms with Crippen LogP contribution in [0.25, 0.3) is 0 Å². The van der Waals surface area contributed by atoms with Crippen LogP contribution < -0.4 is 0 Å². The van der Waals surface area contributed by atoms with E-state index in [1.807, 2.05) is 0 Å². The van der Waals surface area contributed by atoms with E-state index in [1.54, 1.807) is 6.92 Å². The summed E-state index contributed by atoms with van der Waals surface area (Å²) in [4.78, 5) is 0. The minimum atomic E-state index is -0.542. The van der Waals surface area contributed by atoms with E-state index in [1.165, 1.54) is 19.3 Å². The number of aliphatic hydroxyl groups excluding tert-OH is 2. The van der Waals surface area contributed by atoms with Crippen LogP contribution in [0.1, 0.15) is 32.6 Å². The first-order chi connectivity index (χ1) is 5.16. The van der Waals surface area contributed by atoms with Crippen molar-refractivity contribution in [2.24, 2.45) is 11.3 Å². The summed E-state index contributed by atoms with van der Waals surface area (Å²) in [5, 5.41) is 18.6. The molecule has 2 fully saturated rings. The van der Waals surface area contributed by atoms with E-state index in [-0.39, 0.29) is 0 Å². The van der Waals surface area contributed by atoms with Crippen LogP contribution >= 0.6 is 0 Å². The van der Waals surface area contributed by atoms with Crippen molar-refractivity contribution in [3.63, 3.8) is 0 Å². The third-order valence-electron chi connectivity index (χ3n) is 3.51. The van der Waals surface area contributed by atoms with Crippen molar-refractivity contribution in [1.29, 1.82) is 0 Å². The molecule has 0 aromatic rings. The summed E-state index contributed by atoms with van der Waals surface area (Å²) >= 11 is 0. The largest absolute Gasteiger partial charge is 0.391 e. The zero-order valence-corrected chi connectivity index (χ0v) is 6.95. The minimum Gasteiger partial charge on any atom is -0.391 e. The highest BCUT2D eigenvalue weighted by Crippen LogP contribution is 2.66. The third kappa shape index (κ3) is 1.00. The highest BCUT2D eigenvalue weighted by Gasteiger charge is 2.60. The summed E-state index contributed by atoms with van der Waals surface area (Å²) in [5.74, 6) is 0.413. The molecule has 2 saturated carbocycles. The molecule has 2 heteroatoms. The maximum Gasteiger partial charge on any atom is 0.0829 e. The predicted octanol–water partition coefficient (Wildman–Crippen LogP) is 0.918. The van der Waals surface area contributed by atoms with Crippen molar-refractivity contribution < 1.29 is 10.2 Å². The number of hydrogen-bond donors (Lipinski definition) is 2. The van der Waals surface area contributed by atoms with Crippen LogP contribution in [0.15, 0.2) is 0 Å². The second-order valence-electron chi connectivity index (χ2n) is 4.26. The lowest BCUT2D eigenvalue weighted by Crippen LogP contribution is -2.29. The highest BCUT2D eigenvalue weighted by molar-refractivity contribution is 5.10. The number of hydrogen-bond acceptors (Lipinski definition) is 2. The molecule has 2 aliphatic rings. The first-order valence-electron chi connectivity index (χ1n) is 4.52. The van der Waals surface area contributed by atoms with Crippen molar-refractivity contribution in [3.05, 3.63) is 0 Å². The Morgan fingerprint density at radius 1 is 1.36 bits per heavy atom. The van der Waals surface area contributed by atoms with Gasteiger partial charge in [-0.25, -0.2) is 0 Å². The highest BCUT2D eigenvalue weighted by atomic mass is 16.3. The summed E-state index contributed by atoms with van der Waals surface area (Å²) in [6.07, 6.45) is 4.03. The summed E-state index contributed by atoms with van der Waals surface area (Å²) in [6, 6.07) is 0. The molecule has 3 unspecified atom stereocenters. The van der Waals surface area contributed by atoms with E-state index in [0.717, 1.165) is 6.42 Å². The van der Waals surface area contributed by atoms with Crippen molar-refractivity contribution in [2.45, 2.75) is 44.8 Å². The van der Waals surface area contributed by atoms with Gasteiger partial charge in [-0.1, -0.05) is 6.42 Å². The zero-order chi connectivity index (χ0) is 8.06. The molecular formula is C9H16O2. The van der Waals surface area contributed by atoms with E-state index in [9.17, 15) is 5.11 Å². The van der Waals surface area contributed by atoms with Gasteiger partial charge < -0.3 is 10.2 Å². The van der Waals surface area contributed by atoms with Gasteiger partial charge in [0.25, 0.3) is 0 Å². The van der Waals surface area contributed by atoms with Gasteiger partial charge in [0.1, 0.15) is 0 Å². The van der Waals surface area contributed by atoms with E-state index < -0.39 is 12.2 Å². The van der Waals surface area contributed by atoms with Crippen LogP contribution in [0.5, 0.6) is 0 Å². The molecule has 3 atom stereocenters. The molecule has 1 spiro atoms. The Bertz CT molecular complexity index is 161. The van der Waals surface area contributed by atoms with Gasteiger partial charge in [-0.05, 0) is 37.5 Å². The lowest BCUT2D eigenvalue weighted by molar-refractivity contribution is 0.00126. The van der Waals surface area contributed by atoms with Crippen molar-refractivity contribution >= 4 is 0 Å². The monoisotopic (exact) mass is 156 g/mol. The first kappa shape index (κ1) is 7.56. The lowest BCUT2D eigenvalue weighted by atomic mass is 9.78. The maximum absolute atomic E-state index is 9.52. The van der Waals surface area contributed by atoms with E-state index in [4.69, 9.17) is 5.11 Å². The fourth-order valence-electron chi connectivity index (χ4n) is 2.40. The Labute approximate surface area is 67.2 Å². The molecule has 2 aliphatic carbocycles. The SMILES string of the molecule is CC(O)C(O)C1CC12CCC2. The van der Waals surface area contributed by atoms with Crippen LogP contribution in [0, 0.1) is 11.3 Å². The predicted molar refractivity (Wildman–Crippen MR) is 42.1 cm³/mol. The Balaban J connectivity index is 1.90. The van der Waals surface area contributed by atoms with Crippen LogP contribution in [-0.2, 0) is 0 Å². The molecule has 0 saturated heterocycles. The van der Waals surface area contributed by atoms with Gasteiger partial charge in [0, 0.05) is 0 Å².